The molecule has 4 nitrogen and oxygen atoms in total. The Kier molecular flexibility index (Phi) is 4.89. The van der Waals surface area contributed by atoms with Gasteiger partial charge in [0.05, 0.1) is 11.7 Å². The van der Waals surface area contributed by atoms with E-state index >= 15 is 0 Å². The molecule has 2 aliphatic heterocycles. The Morgan fingerprint density at radius 3 is 2.31 bits per heavy atom. The monoisotopic (exact) mass is 353 g/mol. The lowest BCUT2D eigenvalue weighted by Crippen LogP contribution is -2.48. The van der Waals surface area contributed by atoms with Crippen LogP contribution in [0.3, 0.4) is 0 Å². The van der Waals surface area contributed by atoms with E-state index in [9.17, 15) is 9.18 Å². The van der Waals surface area contributed by atoms with Crippen LogP contribution in [0.15, 0.2) is 54.6 Å². The van der Waals surface area contributed by atoms with Gasteiger partial charge >= 0.3 is 0 Å². The predicted octanol–water partition coefficient (Wildman–Crippen LogP) is 3.51. The fraction of sp³-hybridized carbons (Fsp3) is 0.381. The van der Waals surface area contributed by atoms with Crippen molar-refractivity contribution in [2.45, 2.75) is 31.3 Å². The number of likely N-dealkylation sites (tertiary alicyclic amines) is 1. The summed E-state index contributed by atoms with van der Waals surface area (Å²) < 4.78 is 14.0. The Morgan fingerprint density at radius 1 is 0.885 bits per heavy atom. The molecule has 2 saturated heterocycles. The molecule has 4 rings (SSSR count). The van der Waals surface area contributed by atoms with Gasteiger partial charge in [-0.1, -0.05) is 30.3 Å². The van der Waals surface area contributed by atoms with E-state index < -0.39 is 0 Å². The molecular weight excluding hydrogens is 329 g/mol. The molecule has 0 spiro atoms. The Hall–Kier alpha value is -2.40. The van der Waals surface area contributed by atoms with Crippen molar-refractivity contribution in [3.05, 3.63) is 60.4 Å². The van der Waals surface area contributed by atoms with Crippen molar-refractivity contribution < 1.29 is 9.18 Å². The van der Waals surface area contributed by atoms with E-state index in [0.717, 1.165) is 38.0 Å². The molecule has 5 heteroatoms. The van der Waals surface area contributed by atoms with Crippen LogP contribution >= 0.6 is 0 Å². The van der Waals surface area contributed by atoms with Gasteiger partial charge in [-0.25, -0.2) is 4.39 Å². The van der Waals surface area contributed by atoms with Gasteiger partial charge in [0.2, 0.25) is 5.91 Å². The predicted molar refractivity (Wildman–Crippen MR) is 102 cm³/mol. The number of halogens is 1. The summed E-state index contributed by atoms with van der Waals surface area (Å²) in [6.07, 6.45) is 2.79. The molecule has 1 amide bonds. The quantitative estimate of drug-likeness (QED) is 0.914. The number of piperidine rings is 1. The number of amides is 1. The Bertz CT molecular complexity index is 759. The van der Waals surface area contributed by atoms with E-state index in [1.54, 1.807) is 23.1 Å². The number of hydrogen-bond donors (Lipinski definition) is 1. The van der Waals surface area contributed by atoms with Gasteiger partial charge < -0.3 is 10.2 Å². The normalized spacial score (nSPS) is 22.0. The van der Waals surface area contributed by atoms with Crippen molar-refractivity contribution in [1.29, 1.82) is 0 Å². The number of para-hydroxylation sites is 2. The highest BCUT2D eigenvalue weighted by atomic mass is 19.1. The maximum Gasteiger partial charge on any atom is 0.244 e. The number of hydrogen-bond acceptors (Lipinski definition) is 3. The summed E-state index contributed by atoms with van der Waals surface area (Å²) >= 11 is 0. The van der Waals surface area contributed by atoms with Crippen molar-refractivity contribution in [3.63, 3.8) is 0 Å². The highest BCUT2D eigenvalue weighted by Gasteiger charge is 2.38. The van der Waals surface area contributed by atoms with Crippen molar-refractivity contribution in [3.8, 4) is 0 Å². The first-order valence-electron chi connectivity index (χ1n) is 9.34. The van der Waals surface area contributed by atoms with E-state index in [4.69, 9.17) is 0 Å². The first kappa shape index (κ1) is 17.0. The number of nitrogens with one attached hydrogen (secondary N) is 1. The number of nitrogens with zero attached hydrogens (tertiary/aromatic N) is 2. The van der Waals surface area contributed by atoms with Crippen LogP contribution in [0.4, 0.5) is 15.8 Å². The van der Waals surface area contributed by atoms with Gasteiger partial charge in [0.25, 0.3) is 0 Å². The van der Waals surface area contributed by atoms with E-state index in [-0.39, 0.29) is 17.8 Å². The summed E-state index contributed by atoms with van der Waals surface area (Å²) in [5.41, 5.74) is 1.55. The molecule has 136 valence electrons. The van der Waals surface area contributed by atoms with Gasteiger partial charge in [0.1, 0.15) is 5.82 Å². The molecule has 2 heterocycles. The molecule has 26 heavy (non-hydrogen) atoms. The average molecular weight is 353 g/mol. The first-order chi connectivity index (χ1) is 12.7. The summed E-state index contributed by atoms with van der Waals surface area (Å²) in [5, 5.41) is 3.57. The summed E-state index contributed by atoms with van der Waals surface area (Å²) in [6.45, 7) is 2.38. The summed E-state index contributed by atoms with van der Waals surface area (Å²) in [4.78, 5) is 16.7. The standard InChI is InChI=1S/C21H24FN3O/c22-18-8-4-5-9-19(18)25-15-12-20(21(25)26)24-13-10-17(11-14-24)23-16-6-2-1-3-7-16/h1-9,17,20,23H,10-15H2/t20-/m1/s1. The molecule has 0 bridgehead atoms. The van der Waals surface area contributed by atoms with Gasteiger partial charge in [-0.2, -0.15) is 0 Å². The molecule has 0 aromatic heterocycles. The lowest BCUT2D eigenvalue weighted by atomic mass is 10.0. The third-order valence-corrected chi connectivity index (χ3v) is 5.44. The number of anilines is 2. The van der Waals surface area contributed by atoms with Gasteiger partial charge in [0, 0.05) is 31.4 Å². The van der Waals surface area contributed by atoms with Crippen molar-refractivity contribution in [2.24, 2.45) is 0 Å². The van der Waals surface area contributed by atoms with Crippen molar-refractivity contribution >= 4 is 17.3 Å². The number of carbonyl (C=O) groups excluding carboxylic acids is 1. The summed E-state index contributed by atoms with van der Waals surface area (Å²) in [5.74, 6) is -0.295. The fourth-order valence-electron chi connectivity index (χ4n) is 4.04. The molecule has 1 N–H and O–H groups in total. The van der Waals surface area contributed by atoms with Gasteiger partial charge in [-0.15, -0.1) is 0 Å². The van der Waals surface area contributed by atoms with Crippen LogP contribution in [0.1, 0.15) is 19.3 Å². The average Bonchev–Trinajstić information content (AvgIpc) is 3.05. The van der Waals surface area contributed by atoms with Crippen LogP contribution in [0.2, 0.25) is 0 Å². The summed E-state index contributed by atoms with van der Waals surface area (Å²) in [6, 6.07) is 17.1. The molecule has 2 aromatic carbocycles. The molecule has 2 aromatic rings. The number of rotatable bonds is 4. The molecule has 2 aliphatic rings. The number of carbonyl (C=O) groups is 1. The van der Waals surface area contributed by atoms with Gasteiger partial charge in [-0.3, -0.25) is 9.69 Å². The van der Waals surface area contributed by atoms with Crippen molar-refractivity contribution in [2.75, 3.05) is 29.9 Å². The van der Waals surface area contributed by atoms with Crippen LogP contribution in [-0.2, 0) is 4.79 Å². The minimum atomic E-state index is -0.327. The summed E-state index contributed by atoms with van der Waals surface area (Å²) in [7, 11) is 0. The van der Waals surface area contributed by atoms with Crippen LogP contribution < -0.4 is 10.2 Å². The third kappa shape index (κ3) is 3.44. The smallest absolute Gasteiger partial charge is 0.244 e. The lowest BCUT2D eigenvalue weighted by Gasteiger charge is -2.35. The molecular formula is C21H24FN3O. The van der Waals surface area contributed by atoms with Crippen molar-refractivity contribution in [1.82, 2.24) is 4.90 Å². The molecule has 0 unspecified atom stereocenters. The largest absolute Gasteiger partial charge is 0.382 e. The third-order valence-electron chi connectivity index (χ3n) is 5.44. The van der Waals surface area contributed by atoms with E-state index in [2.05, 4.69) is 22.3 Å². The van der Waals surface area contributed by atoms with E-state index in [1.165, 1.54) is 6.07 Å². The van der Waals surface area contributed by atoms with Crippen LogP contribution in [0.5, 0.6) is 0 Å². The molecule has 0 radical (unpaired) electrons. The SMILES string of the molecule is O=C1[C@H](N2CCC(Nc3ccccc3)CC2)CCN1c1ccccc1F. The molecule has 0 aliphatic carbocycles. The highest BCUT2D eigenvalue weighted by molar-refractivity contribution is 5.99. The first-order valence-corrected chi connectivity index (χ1v) is 9.34. The fourth-order valence-corrected chi connectivity index (χ4v) is 4.04. The zero-order valence-corrected chi connectivity index (χ0v) is 14.8. The van der Waals surface area contributed by atoms with Crippen LogP contribution in [0.25, 0.3) is 0 Å². The minimum absolute atomic E-state index is 0.0320. The van der Waals surface area contributed by atoms with Crippen LogP contribution in [0, 0.1) is 5.82 Å². The maximum absolute atomic E-state index is 14.0. The molecule has 0 saturated carbocycles. The van der Waals surface area contributed by atoms with Crippen LogP contribution in [-0.4, -0.2) is 42.5 Å². The minimum Gasteiger partial charge on any atom is -0.382 e. The number of benzene rings is 2. The Morgan fingerprint density at radius 2 is 1.58 bits per heavy atom. The van der Waals surface area contributed by atoms with E-state index in [0.29, 0.717) is 18.3 Å². The maximum atomic E-state index is 14.0. The van der Waals surface area contributed by atoms with E-state index in [1.807, 2.05) is 18.2 Å². The second-order valence-corrected chi connectivity index (χ2v) is 7.07. The second kappa shape index (κ2) is 7.46. The van der Waals surface area contributed by atoms with Gasteiger partial charge in [0.15, 0.2) is 0 Å². The lowest BCUT2D eigenvalue weighted by molar-refractivity contribution is -0.122. The Balaban J connectivity index is 1.35. The molecule has 2 fully saturated rings. The second-order valence-electron chi connectivity index (χ2n) is 7.07. The highest BCUT2D eigenvalue weighted by Crippen LogP contribution is 2.28. The zero-order chi connectivity index (χ0) is 17.9. The molecule has 1 atom stereocenters. The topological polar surface area (TPSA) is 35.6 Å². The Labute approximate surface area is 153 Å². The van der Waals surface area contributed by atoms with Gasteiger partial charge in [-0.05, 0) is 43.5 Å². The zero-order valence-electron chi connectivity index (χ0n) is 14.8.